The van der Waals surface area contributed by atoms with Crippen molar-refractivity contribution in [1.29, 1.82) is 0 Å². The third-order valence-corrected chi connectivity index (χ3v) is 5.13. The highest BCUT2D eigenvalue weighted by atomic mass is 16.6. The Kier molecular flexibility index (Phi) is 6.41. The zero-order valence-electron chi connectivity index (χ0n) is 16.7. The van der Waals surface area contributed by atoms with Crippen molar-refractivity contribution in [3.05, 3.63) is 45.6 Å². The van der Waals surface area contributed by atoms with Crippen LogP contribution in [-0.2, 0) is 6.42 Å². The van der Waals surface area contributed by atoms with Gasteiger partial charge in [-0.25, -0.2) is 4.98 Å². The second-order valence-corrected chi connectivity index (χ2v) is 7.25. The smallest absolute Gasteiger partial charge is 0.274 e. The quantitative estimate of drug-likeness (QED) is 0.530. The molecular formula is C20H28N6O2. The second kappa shape index (κ2) is 8.97. The Balaban J connectivity index is 1.88. The fraction of sp³-hybridized carbons (Fsp3) is 0.500. The van der Waals surface area contributed by atoms with Crippen molar-refractivity contribution in [2.45, 2.75) is 45.6 Å². The van der Waals surface area contributed by atoms with Crippen LogP contribution >= 0.6 is 0 Å². The molecule has 150 valence electrons. The number of anilines is 3. The van der Waals surface area contributed by atoms with Gasteiger partial charge in [0.1, 0.15) is 5.82 Å². The first-order chi connectivity index (χ1) is 13.5. The van der Waals surface area contributed by atoms with Crippen molar-refractivity contribution in [3.8, 4) is 0 Å². The molecule has 0 aliphatic carbocycles. The molecule has 8 heteroatoms. The number of unbranched alkanes of at least 4 members (excludes halogenated alkanes) is 1. The molecule has 8 nitrogen and oxygen atoms in total. The third kappa shape index (κ3) is 4.75. The van der Waals surface area contributed by atoms with Gasteiger partial charge in [-0.15, -0.1) is 0 Å². The summed E-state index contributed by atoms with van der Waals surface area (Å²) >= 11 is 0. The van der Waals surface area contributed by atoms with E-state index >= 15 is 0 Å². The van der Waals surface area contributed by atoms with Crippen LogP contribution in [0.1, 0.15) is 37.4 Å². The number of benzene rings is 1. The minimum atomic E-state index is -0.368. The van der Waals surface area contributed by atoms with E-state index in [1.165, 1.54) is 6.07 Å². The van der Waals surface area contributed by atoms with Gasteiger partial charge in [-0.2, -0.15) is 4.98 Å². The zero-order chi connectivity index (χ0) is 20.1. The van der Waals surface area contributed by atoms with E-state index in [0.717, 1.165) is 50.3 Å². The lowest BCUT2D eigenvalue weighted by Crippen LogP contribution is -2.30. The molecular weight excluding hydrogens is 356 g/mol. The Labute approximate surface area is 165 Å². The number of hydrogen-bond donors (Lipinski definition) is 2. The average Bonchev–Trinajstić information content (AvgIpc) is 3.17. The van der Waals surface area contributed by atoms with Crippen LogP contribution in [0.2, 0.25) is 0 Å². The van der Waals surface area contributed by atoms with E-state index < -0.39 is 0 Å². The Morgan fingerprint density at radius 3 is 2.82 bits per heavy atom. The first-order valence-corrected chi connectivity index (χ1v) is 9.82. The summed E-state index contributed by atoms with van der Waals surface area (Å²) in [7, 11) is 1.98. The van der Waals surface area contributed by atoms with Crippen LogP contribution in [0.5, 0.6) is 0 Å². The standard InChI is InChI=1S/C20H28N6O2/c1-4-5-6-15-12-19(25-10-9-17(13-25)21-3)24-20(22-15)23-16-8-7-14(2)18(11-16)26(27)28/h7-8,11-12,17,21H,4-6,9-10,13H2,1-3H3,(H,22,23,24)/t17-/m0/s1. The molecule has 3 rings (SSSR count). The van der Waals surface area contributed by atoms with E-state index in [9.17, 15) is 10.1 Å². The number of aryl methyl sites for hydroxylation is 2. The lowest BCUT2D eigenvalue weighted by molar-refractivity contribution is -0.385. The number of nitrogens with one attached hydrogen (secondary N) is 2. The van der Waals surface area contributed by atoms with Gasteiger partial charge in [0.25, 0.3) is 5.69 Å². The number of nitro benzene ring substituents is 1. The third-order valence-electron chi connectivity index (χ3n) is 5.13. The number of hydrogen-bond acceptors (Lipinski definition) is 7. The summed E-state index contributed by atoms with van der Waals surface area (Å²) in [5, 5.41) is 17.7. The monoisotopic (exact) mass is 384 g/mol. The predicted octanol–water partition coefficient (Wildman–Crippen LogP) is 3.58. The van der Waals surface area contributed by atoms with Crippen LogP contribution in [-0.4, -0.2) is 41.1 Å². The average molecular weight is 384 g/mol. The SMILES string of the molecule is CCCCc1cc(N2CC[C@H](NC)C2)nc(Nc2ccc(C)c([N+](=O)[O-])c2)n1. The van der Waals surface area contributed by atoms with Crippen molar-refractivity contribution in [1.82, 2.24) is 15.3 Å². The highest BCUT2D eigenvalue weighted by molar-refractivity contribution is 5.61. The maximum atomic E-state index is 11.2. The van der Waals surface area contributed by atoms with Gasteiger partial charge in [0.2, 0.25) is 5.95 Å². The summed E-state index contributed by atoms with van der Waals surface area (Å²) in [5.74, 6) is 1.39. The van der Waals surface area contributed by atoms with Gasteiger partial charge in [0, 0.05) is 48.2 Å². The molecule has 0 amide bonds. The summed E-state index contributed by atoms with van der Waals surface area (Å²) in [5.41, 5.74) is 2.32. The van der Waals surface area contributed by atoms with Gasteiger partial charge < -0.3 is 15.5 Å². The molecule has 28 heavy (non-hydrogen) atoms. The molecule has 0 bridgehead atoms. The maximum absolute atomic E-state index is 11.2. The second-order valence-electron chi connectivity index (χ2n) is 7.25. The molecule has 1 aliphatic heterocycles. The number of aromatic nitrogens is 2. The fourth-order valence-corrected chi connectivity index (χ4v) is 3.40. The van der Waals surface area contributed by atoms with Gasteiger partial charge in [-0.05, 0) is 39.3 Å². The molecule has 0 spiro atoms. The van der Waals surface area contributed by atoms with E-state index in [4.69, 9.17) is 4.98 Å². The van der Waals surface area contributed by atoms with Crippen molar-refractivity contribution < 1.29 is 4.92 Å². The summed E-state index contributed by atoms with van der Waals surface area (Å²) in [6.07, 6.45) is 4.12. The minimum absolute atomic E-state index is 0.0868. The van der Waals surface area contributed by atoms with Crippen LogP contribution in [0.15, 0.2) is 24.3 Å². The van der Waals surface area contributed by atoms with Crippen molar-refractivity contribution in [3.63, 3.8) is 0 Å². The lowest BCUT2D eigenvalue weighted by Gasteiger charge is -2.19. The lowest BCUT2D eigenvalue weighted by atomic mass is 10.2. The van der Waals surface area contributed by atoms with E-state index in [-0.39, 0.29) is 10.6 Å². The van der Waals surface area contributed by atoms with Gasteiger partial charge in [-0.3, -0.25) is 10.1 Å². The molecule has 0 saturated carbocycles. The van der Waals surface area contributed by atoms with E-state index in [1.54, 1.807) is 13.0 Å². The predicted molar refractivity (Wildman–Crippen MR) is 111 cm³/mol. The van der Waals surface area contributed by atoms with Crippen molar-refractivity contribution in [2.75, 3.05) is 30.4 Å². The van der Waals surface area contributed by atoms with Crippen molar-refractivity contribution >= 4 is 23.1 Å². The summed E-state index contributed by atoms with van der Waals surface area (Å²) in [6.45, 7) is 5.75. The van der Waals surface area contributed by atoms with Gasteiger partial charge in [0.05, 0.1) is 4.92 Å². The minimum Gasteiger partial charge on any atom is -0.355 e. The van der Waals surface area contributed by atoms with Crippen LogP contribution in [0.3, 0.4) is 0 Å². The van der Waals surface area contributed by atoms with Crippen LogP contribution in [0, 0.1) is 17.0 Å². The fourth-order valence-electron chi connectivity index (χ4n) is 3.40. The Bertz CT molecular complexity index is 841. The molecule has 0 radical (unpaired) electrons. The van der Waals surface area contributed by atoms with Gasteiger partial charge >= 0.3 is 0 Å². The van der Waals surface area contributed by atoms with E-state index in [2.05, 4.69) is 33.5 Å². The number of nitrogens with zero attached hydrogens (tertiary/aromatic N) is 4. The molecule has 2 aromatic rings. The van der Waals surface area contributed by atoms with Crippen LogP contribution in [0.25, 0.3) is 0 Å². The summed E-state index contributed by atoms with van der Waals surface area (Å²) in [4.78, 5) is 22.4. The first-order valence-electron chi connectivity index (χ1n) is 9.82. The molecule has 0 unspecified atom stereocenters. The zero-order valence-corrected chi connectivity index (χ0v) is 16.7. The Morgan fingerprint density at radius 1 is 1.32 bits per heavy atom. The van der Waals surface area contributed by atoms with E-state index in [0.29, 0.717) is 23.2 Å². The maximum Gasteiger partial charge on any atom is 0.274 e. The molecule has 1 saturated heterocycles. The number of nitro groups is 1. The molecule has 1 fully saturated rings. The molecule has 2 heterocycles. The highest BCUT2D eigenvalue weighted by Gasteiger charge is 2.23. The van der Waals surface area contributed by atoms with Crippen LogP contribution in [0.4, 0.5) is 23.1 Å². The molecule has 1 aliphatic rings. The van der Waals surface area contributed by atoms with E-state index in [1.807, 2.05) is 13.1 Å². The molecule has 1 aromatic heterocycles. The topological polar surface area (TPSA) is 96.2 Å². The normalized spacial score (nSPS) is 16.4. The summed E-state index contributed by atoms with van der Waals surface area (Å²) < 4.78 is 0. The summed E-state index contributed by atoms with van der Waals surface area (Å²) in [6, 6.07) is 7.61. The number of rotatable bonds is 8. The largest absolute Gasteiger partial charge is 0.355 e. The highest BCUT2D eigenvalue weighted by Crippen LogP contribution is 2.26. The number of likely N-dealkylation sites (N-methyl/N-ethyl adjacent to an activating group) is 1. The molecule has 1 aromatic carbocycles. The Hall–Kier alpha value is -2.74. The van der Waals surface area contributed by atoms with Crippen molar-refractivity contribution in [2.24, 2.45) is 0 Å². The van der Waals surface area contributed by atoms with Gasteiger partial charge in [0.15, 0.2) is 0 Å². The van der Waals surface area contributed by atoms with Gasteiger partial charge in [-0.1, -0.05) is 19.4 Å². The first kappa shape index (κ1) is 20.0. The molecule has 1 atom stereocenters. The molecule has 2 N–H and O–H groups in total. The Morgan fingerprint density at radius 2 is 2.14 bits per heavy atom. The van der Waals surface area contributed by atoms with Crippen LogP contribution < -0.4 is 15.5 Å².